The molecule has 19 heavy (non-hydrogen) atoms. The number of rotatable bonds is 4. The lowest BCUT2D eigenvalue weighted by Gasteiger charge is -2.21. The minimum Gasteiger partial charge on any atom is -0.398 e. The third-order valence-corrected chi connectivity index (χ3v) is 3.74. The second-order valence-electron chi connectivity index (χ2n) is 5.54. The molecule has 0 bridgehead atoms. The van der Waals surface area contributed by atoms with Gasteiger partial charge in [0.25, 0.3) is 0 Å². The van der Waals surface area contributed by atoms with Crippen LogP contribution in [-0.2, 0) is 11.2 Å². The molecule has 0 spiro atoms. The number of hydrogen-bond acceptors (Lipinski definition) is 2. The van der Waals surface area contributed by atoms with Gasteiger partial charge in [-0.1, -0.05) is 27.2 Å². The SMILES string of the molecule is CCCc1c(C)c(N)c(C)c(NC(=O)C(C)C)c1C. The van der Waals surface area contributed by atoms with Gasteiger partial charge in [0.05, 0.1) is 0 Å². The van der Waals surface area contributed by atoms with Gasteiger partial charge in [-0.05, 0) is 49.4 Å². The molecule has 1 aromatic carbocycles. The van der Waals surface area contributed by atoms with Crippen LogP contribution in [0.2, 0.25) is 0 Å². The number of amides is 1. The van der Waals surface area contributed by atoms with Gasteiger partial charge >= 0.3 is 0 Å². The van der Waals surface area contributed by atoms with Crippen LogP contribution in [0.4, 0.5) is 11.4 Å². The van der Waals surface area contributed by atoms with E-state index in [0.29, 0.717) is 0 Å². The minimum absolute atomic E-state index is 0.0315. The first-order valence-corrected chi connectivity index (χ1v) is 7.00. The van der Waals surface area contributed by atoms with Crippen molar-refractivity contribution in [2.45, 2.75) is 54.4 Å². The zero-order valence-corrected chi connectivity index (χ0v) is 13.0. The molecule has 0 heterocycles. The normalized spacial score (nSPS) is 10.9. The molecule has 0 atom stereocenters. The van der Waals surface area contributed by atoms with E-state index >= 15 is 0 Å². The summed E-state index contributed by atoms with van der Waals surface area (Å²) in [5.74, 6) is 0.00727. The van der Waals surface area contributed by atoms with E-state index in [0.717, 1.165) is 40.9 Å². The Kier molecular flexibility index (Phi) is 4.98. The molecule has 0 aromatic heterocycles. The Labute approximate surface area is 116 Å². The van der Waals surface area contributed by atoms with Crippen molar-refractivity contribution >= 4 is 17.3 Å². The highest BCUT2D eigenvalue weighted by Gasteiger charge is 2.17. The number of anilines is 2. The fraction of sp³-hybridized carbons (Fsp3) is 0.562. The van der Waals surface area contributed by atoms with Gasteiger partial charge in [-0.25, -0.2) is 0 Å². The molecule has 3 heteroatoms. The number of nitrogens with one attached hydrogen (secondary N) is 1. The van der Waals surface area contributed by atoms with Crippen LogP contribution in [-0.4, -0.2) is 5.91 Å². The zero-order valence-electron chi connectivity index (χ0n) is 13.0. The molecule has 0 unspecified atom stereocenters. The lowest BCUT2D eigenvalue weighted by Crippen LogP contribution is -2.20. The van der Waals surface area contributed by atoms with Crippen LogP contribution < -0.4 is 11.1 Å². The van der Waals surface area contributed by atoms with Crippen LogP contribution >= 0.6 is 0 Å². The van der Waals surface area contributed by atoms with E-state index in [1.807, 2.05) is 20.8 Å². The largest absolute Gasteiger partial charge is 0.398 e. The topological polar surface area (TPSA) is 55.1 Å². The van der Waals surface area contributed by atoms with E-state index in [-0.39, 0.29) is 11.8 Å². The van der Waals surface area contributed by atoms with Crippen LogP contribution in [0.5, 0.6) is 0 Å². The number of nitrogen functional groups attached to an aromatic ring is 1. The van der Waals surface area contributed by atoms with Gasteiger partial charge in [-0.2, -0.15) is 0 Å². The first-order chi connectivity index (χ1) is 8.81. The Balaban J connectivity index is 3.35. The molecule has 0 saturated heterocycles. The van der Waals surface area contributed by atoms with Crippen molar-refractivity contribution in [3.05, 3.63) is 22.3 Å². The summed E-state index contributed by atoms with van der Waals surface area (Å²) in [4.78, 5) is 11.9. The highest BCUT2D eigenvalue weighted by atomic mass is 16.1. The Morgan fingerprint density at radius 3 is 2.21 bits per heavy atom. The highest BCUT2D eigenvalue weighted by molar-refractivity contribution is 5.95. The van der Waals surface area contributed by atoms with Gasteiger partial charge in [0.1, 0.15) is 0 Å². The van der Waals surface area contributed by atoms with E-state index in [1.165, 1.54) is 5.56 Å². The van der Waals surface area contributed by atoms with E-state index in [1.54, 1.807) is 0 Å². The molecule has 0 saturated carbocycles. The monoisotopic (exact) mass is 262 g/mol. The summed E-state index contributed by atoms with van der Waals surface area (Å²) >= 11 is 0. The van der Waals surface area contributed by atoms with Crippen molar-refractivity contribution in [2.75, 3.05) is 11.1 Å². The molecular formula is C16H26N2O. The van der Waals surface area contributed by atoms with Crippen LogP contribution in [0.25, 0.3) is 0 Å². The molecule has 1 amide bonds. The third kappa shape index (κ3) is 3.09. The van der Waals surface area contributed by atoms with Gasteiger partial charge in [-0.3, -0.25) is 4.79 Å². The second kappa shape index (κ2) is 6.09. The number of nitrogens with two attached hydrogens (primary N) is 1. The molecule has 1 rings (SSSR count). The van der Waals surface area contributed by atoms with Crippen molar-refractivity contribution in [2.24, 2.45) is 5.92 Å². The molecule has 3 nitrogen and oxygen atoms in total. The fourth-order valence-corrected chi connectivity index (χ4v) is 2.37. The Bertz CT molecular complexity index is 490. The second-order valence-corrected chi connectivity index (χ2v) is 5.54. The number of carbonyl (C=O) groups is 1. The predicted octanol–water partition coefficient (Wildman–Crippen LogP) is 3.74. The van der Waals surface area contributed by atoms with E-state index in [4.69, 9.17) is 5.73 Å². The summed E-state index contributed by atoms with van der Waals surface area (Å²) in [7, 11) is 0. The number of carbonyl (C=O) groups excluding carboxylic acids is 1. The molecule has 106 valence electrons. The van der Waals surface area contributed by atoms with Crippen LogP contribution in [0.3, 0.4) is 0 Å². The smallest absolute Gasteiger partial charge is 0.226 e. The van der Waals surface area contributed by atoms with E-state index in [2.05, 4.69) is 26.1 Å². The lowest BCUT2D eigenvalue weighted by molar-refractivity contribution is -0.118. The first kappa shape index (κ1) is 15.5. The summed E-state index contributed by atoms with van der Waals surface area (Å²) < 4.78 is 0. The number of hydrogen-bond donors (Lipinski definition) is 2. The van der Waals surface area contributed by atoms with Crippen LogP contribution in [0, 0.1) is 26.7 Å². The molecule has 0 aliphatic carbocycles. The summed E-state index contributed by atoms with van der Waals surface area (Å²) in [6.07, 6.45) is 2.06. The zero-order chi connectivity index (χ0) is 14.7. The summed E-state index contributed by atoms with van der Waals surface area (Å²) in [6.45, 7) is 12.0. The summed E-state index contributed by atoms with van der Waals surface area (Å²) in [5, 5.41) is 3.03. The molecule has 1 aromatic rings. The maximum absolute atomic E-state index is 11.9. The maximum atomic E-state index is 11.9. The minimum atomic E-state index is -0.0315. The molecule has 0 radical (unpaired) electrons. The molecule has 0 fully saturated rings. The van der Waals surface area contributed by atoms with Gasteiger partial charge in [0.15, 0.2) is 0 Å². The standard InChI is InChI=1S/C16H26N2O/c1-7-8-13-10(4)14(17)12(6)15(11(13)5)18-16(19)9(2)3/h9H,7-8,17H2,1-6H3,(H,18,19). The van der Waals surface area contributed by atoms with E-state index < -0.39 is 0 Å². The molecule has 0 aliphatic heterocycles. The Morgan fingerprint density at radius 1 is 1.16 bits per heavy atom. The van der Waals surface area contributed by atoms with Gasteiger partial charge in [0, 0.05) is 17.3 Å². The quantitative estimate of drug-likeness (QED) is 0.812. The third-order valence-electron chi connectivity index (χ3n) is 3.74. The highest BCUT2D eigenvalue weighted by Crippen LogP contribution is 2.33. The maximum Gasteiger partial charge on any atom is 0.226 e. The average molecular weight is 262 g/mol. The predicted molar refractivity (Wildman–Crippen MR) is 82.5 cm³/mol. The summed E-state index contributed by atoms with van der Waals surface area (Å²) in [5.41, 5.74) is 12.4. The lowest BCUT2D eigenvalue weighted by atomic mass is 9.92. The molecule has 0 aliphatic rings. The van der Waals surface area contributed by atoms with Gasteiger partial charge in [0.2, 0.25) is 5.91 Å². The fourth-order valence-electron chi connectivity index (χ4n) is 2.37. The van der Waals surface area contributed by atoms with Crippen molar-refractivity contribution in [1.29, 1.82) is 0 Å². The Morgan fingerprint density at radius 2 is 1.74 bits per heavy atom. The van der Waals surface area contributed by atoms with Gasteiger partial charge < -0.3 is 11.1 Å². The molecular weight excluding hydrogens is 236 g/mol. The molecule has 3 N–H and O–H groups in total. The number of benzene rings is 1. The van der Waals surface area contributed by atoms with Crippen LogP contribution in [0.15, 0.2) is 0 Å². The van der Waals surface area contributed by atoms with Crippen molar-refractivity contribution in [3.8, 4) is 0 Å². The van der Waals surface area contributed by atoms with Crippen molar-refractivity contribution in [3.63, 3.8) is 0 Å². The first-order valence-electron chi connectivity index (χ1n) is 7.00. The van der Waals surface area contributed by atoms with Crippen LogP contribution in [0.1, 0.15) is 49.4 Å². The average Bonchev–Trinajstić information content (AvgIpc) is 2.37. The summed E-state index contributed by atoms with van der Waals surface area (Å²) in [6, 6.07) is 0. The van der Waals surface area contributed by atoms with Crippen molar-refractivity contribution < 1.29 is 4.79 Å². The van der Waals surface area contributed by atoms with E-state index in [9.17, 15) is 4.79 Å². The van der Waals surface area contributed by atoms with Crippen molar-refractivity contribution in [1.82, 2.24) is 0 Å². The van der Waals surface area contributed by atoms with Gasteiger partial charge in [-0.15, -0.1) is 0 Å². The Hall–Kier alpha value is -1.51.